The van der Waals surface area contributed by atoms with E-state index in [2.05, 4.69) is 180 Å². The van der Waals surface area contributed by atoms with E-state index in [4.69, 9.17) is 8.83 Å². The van der Waals surface area contributed by atoms with E-state index < -0.39 is 0 Å². The number of nitrogens with zero attached hydrogens (tertiary/aromatic N) is 2. The second kappa shape index (κ2) is 12.0. The van der Waals surface area contributed by atoms with E-state index in [0.717, 1.165) is 78.0 Å². The van der Waals surface area contributed by atoms with Crippen LogP contribution in [0.1, 0.15) is 0 Å². The van der Waals surface area contributed by atoms with Crippen molar-refractivity contribution in [1.29, 1.82) is 0 Å². The number of fused-ring (bicyclic) bond motifs is 6. The van der Waals surface area contributed by atoms with Gasteiger partial charge in [-0.15, -0.1) is 0 Å². The van der Waals surface area contributed by atoms with Crippen molar-refractivity contribution >= 4 is 110 Å². The number of rotatable bonds is 6. The molecule has 0 saturated carbocycles. The van der Waals surface area contributed by atoms with Crippen molar-refractivity contribution in [3.8, 4) is 0 Å². The first kappa shape index (κ1) is 30.9. The van der Waals surface area contributed by atoms with Crippen LogP contribution in [0, 0.1) is 0 Å². The average Bonchev–Trinajstić information content (AvgIpc) is 3.82. The van der Waals surface area contributed by atoms with Gasteiger partial charge in [0.2, 0.25) is 0 Å². The third kappa shape index (κ3) is 4.60. The molecule has 0 saturated heterocycles. The number of anilines is 6. The van der Waals surface area contributed by atoms with Crippen LogP contribution in [0.4, 0.5) is 34.1 Å². The van der Waals surface area contributed by atoms with Crippen LogP contribution in [-0.2, 0) is 0 Å². The Labute approximate surface area is 322 Å². The van der Waals surface area contributed by atoms with Crippen LogP contribution in [0.3, 0.4) is 0 Å². The molecule has 56 heavy (non-hydrogen) atoms. The summed E-state index contributed by atoms with van der Waals surface area (Å²) in [5, 5.41) is 11.7. The van der Waals surface area contributed by atoms with Gasteiger partial charge in [0.15, 0.2) is 0 Å². The van der Waals surface area contributed by atoms with Crippen LogP contribution < -0.4 is 9.80 Å². The van der Waals surface area contributed by atoms with Crippen molar-refractivity contribution in [2.45, 2.75) is 0 Å². The van der Waals surface area contributed by atoms with Gasteiger partial charge in [-0.1, -0.05) is 109 Å². The van der Waals surface area contributed by atoms with E-state index >= 15 is 0 Å². The third-order valence-corrected chi connectivity index (χ3v) is 11.4. The number of benzene rings is 10. The summed E-state index contributed by atoms with van der Waals surface area (Å²) < 4.78 is 12.5. The Balaban J connectivity index is 1.10. The smallest absolute Gasteiger partial charge is 0.135 e. The van der Waals surface area contributed by atoms with Crippen LogP contribution >= 0.6 is 0 Å². The summed E-state index contributed by atoms with van der Waals surface area (Å²) in [7, 11) is 0. The molecule has 4 nitrogen and oxygen atoms in total. The lowest BCUT2D eigenvalue weighted by Gasteiger charge is -2.29. The Morgan fingerprint density at radius 1 is 0.268 bits per heavy atom. The van der Waals surface area contributed by atoms with E-state index in [9.17, 15) is 0 Å². The summed E-state index contributed by atoms with van der Waals surface area (Å²) in [6, 6.07) is 69.2. The summed E-state index contributed by atoms with van der Waals surface area (Å²) in [6.07, 6.45) is 0. The normalized spacial score (nSPS) is 11.9. The van der Waals surface area contributed by atoms with Gasteiger partial charge in [0.25, 0.3) is 0 Å². The lowest BCUT2D eigenvalue weighted by Crippen LogP contribution is -2.11. The zero-order chi connectivity index (χ0) is 36.7. The van der Waals surface area contributed by atoms with Gasteiger partial charge < -0.3 is 18.6 Å². The fourth-order valence-electron chi connectivity index (χ4n) is 8.88. The van der Waals surface area contributed by atoms with Gasteiger partial charge in [-0.2, -0.15) is 0 Å². The summed E-state index contributed by atoms with van der Waals surface area (Å²) in [6.45, 7) is 0. The largest absolute Gasteiger partial charge is 0.456 e. The summed E-state index contributed by atoms with van der Waals surface area (Å²) >= 11 is 0. The third-order valence-electron chi connectivity index (χ3n) is 11.4. The minimum Gasteiger partial charge on any atom is -0.456 e. The van der Waals surface area contributed by atoms with Crippen molar-refractivity contribution in [3.05, 3.63) is 194 Å². The lowest BCUT2D eigenvalue weighted by molar-refractivity contribution is 0.668. The SMILES string of the molecule is c1ccc(N(c2ccc3oc4ccccc4c3c2)c2ccc3ccc4c(N(c5ccccc5)c5ccc6oc7ccccc7c6c5)ccc5ccc2c3c54)cc1. The number of para-hydroxylation sites is 4. The molecule has 262 valence electrons. The molecule has 2 heterocycles. The van der Waals surface area contributed by atoms with Gasteiger partial charge in [0, 0.05) is 55.1 Å². The fraction of sp³-hybridized carbons (Fsp3) is 0. The molecule has 0 aliphatic rings. The van der Waals surface area contributed by atoms with Crippen LogP contribution in [-0.4, -0.2) is 0 Å². The molecule has 0 fully saturated rings. The highest BCUT2D eigenvalue weighted by Gasteiger charge is 2.23. The van der Waals surface area contributed by atoms with E-state index in [0.29, 0.717) is 0 Å². The molecule has 12 rings (SSSR count). The predicted octanol–water partition coefficient (Wildman–Crippen LogP) is 15.3. The van der Waals surface area contributed by atoms with Crippen molar-refractivity contribution in [3.63, 3.8) is 0 Å². The maximum atomic E-state index is 6.25. The number of hydrogen-bond donors (Lipinski definition) is 0. The Hall–Kier alpha value is -7.56. The van der Waals surface area contributed by atoms with Gasteiger partial charge in [-0.25, -0.2) is 0 Å². The molecule has 2 aromatic heterocycles. The highest BCUT2D eigenvalue weighted by molar-refractivity contribution is 6.28. The first-order chi connectivity index (χ1) is 27.8. The summed E-state index contributed by atoms with van der Waals surface area (Å²) in [4.78, 5) is 4.77. The monoisotopic (exact) mass is 716 g/mol. The fourth-order valence-corrected chi connectivity index (χ4v) is 8.88. The van der Waals surface area contributed by atoms with Crippen LogP contribution in [0.5, 0.6) is 0 Å². The minimum atomic E-state index is 0.883. The minimum absolute atomic E-state index is 0.883. The van der Waals surface area contributed by atoms with Gasteiger partial charge in [0.05, 0.1) is 11.4 Å². The Kier molecular flexibility index (Phi) is 6.60. The van der Waals surface area contributed by atoms with E-state index in [1.807, 2.05) is 24.3 Å². The van der Waals surface area contributed by atoms with Gasteiger partial charge in [-0.3, -0.25) is 0 Å². The van der Waals surface area contributed by atoms with Crippen molar-refractivity contribution in [1.82, 2.24) is 0 Å². The second-order valence-electron chi connectivity index (χ2n) is 14.5. The summed E-state index contributed by atoms with van der Waals surface area (Å²) in [5.41, 5.74) is 10.1. The molecular formula is C52H32N2O2. The first-order valence-electron chi connectivity index (χ1n) is 19.0. The molecule has 0 bridgehead atoms. The number of hydrogen-bond acceptors (Lipinski definition) is 4. The maximum Gasteiger partial charge on any atom is 0.135 e. The van der Waals surface area contributed by atoms with E-state index in [1.54, 1.807) is 0 Å². The molecule has 12 aromatic rings. The highest BCUT2D eigenvalue weighted by atomic mass is 16.3. The van der Waals surface area contributed by atoms with E-state index in [1.165, 1.54) is 32.3 Å². The zero-order valence-corrected chi connectivity index (χ0v) is 30.2. The molecule has 0 atom stereocenters. The van der Waals surface area contributed by atoms with Gasteiger partial charge >= 0.3 is 0 Å². The molecule has 0 unspecified atom stereocenters. The molecule has 4 heteroatoms. The first-order valence-corrected chi connectivity index (χ1v) is 19.0. The van der Waals surface area contributed by atoms with Gasteiger partial charge in [-0.05, 0) is 106 Å². The van der Waals surface area contributed by atoms with Crippen LogP contribution in [0.2, 0.25) is 0 Å². The molecule has 10 aromatic carbocycles. The van der Waals surface area contributed by atoms with Crippen molar-refractivity contribution < 1.29 is 8.83 Å². The Morgan fingerprint density at radius 2 is 0.661 bits per heavy atom. The quantitative estimate of drug-likeness (QED) is 0.160. The van der Waals surface area contributed by atoms with Crippen molar-refractivity contribution in [2.75, 3.05) is 9.80 Å². The van der Waals surface area contributed by atoms with Gasteiger partial charge in [0.1, 0.15) is 22.3 Å². The second-order valence-corrected chi connectivity index (χ2v) is 14.5. The molecule has 0 aliphatic carbocycles. The summed E-state index contributed by atoms with van der Waals surface area (Å²) in [5.74, 6) is 0. The lowest BCUT2D eigenvalue weighted by atomic mass is 9.91. The number of furan rings is 2. The molecule has 0 aliphatic heterocycles. The predicted molar refractivity (Wildman–Crippen MR) is 234 cm³/mol. The average molecular weight is 717 g/mol. The van der Waals surface area contributed by atoms with Crippen LogP contribution in [0.25, 0.3) is 76.2 Å². The molecule has 0 amide bonds. The topological polar surface area (TPSA) is 32.8 Å². The Morgan fingerprint density at radius 3 is 1.12 bits per heavy atom. The molecule has 0 N–H and O–H groups in total. The van der Waals surface area contributed by atoms with Crippen molar-refractivity contribution in [2.24, 2.45) is 0 Å². The highest BCUT2D eigenvalue weighted by Crippen LogP contribution is 2.48. The molecular weight excluding hydrogens is 685 g/mol. The molecule has 0 radical (unpaired) electrons. The standard InChI is InChI=1S/C52H32N2O2/c1-3-11-35(12-4-1)53(37-23-29-49-43(31-37)39-15-7-9-17-47(39)55-49)45-27-21-33-20-26-42-46(28-22-34-19-25-41(45)51(33)52(34)42)54(36-13-5-2-6-14-36)38-24-30-50-44(32-38)40-16-8-10-18-48(40)56-50/h1-32H. The molecule has 0 spiro atoms. The van der Waals surface area contributed by atoms with E-state index in [-0.39, 0.29) is 0 Å². The Bertz CT molecular complexity index is 3210. The maximum absolute atomic E-state index is 6.25. The van der Waals surface area contributed by atoms with Crippen LogP contribution in [0.15, 0.2) is 203 Å². The zero-order valence-electron chi connectivity index (χ0n) is 30.2.